The van der Waals surface area contributed by atoms with Crippen molar-refractivity contribution in [3.05, 3.63) is 52.1 Å². The molecule has 0 saturated carbocycles. The molecule has 5 heteroatoms. The molecule has 1 aromatic carbocycles. The number of unbranched alkanes of at least 4 members (excludes halogenated alkanes) is 1. The van der Waals surface area contributed by atoms with Crippen molar-refractivity contribution in [2.24, 2.45) is 4.99 Å². The Labute approximate surface area is 159 Å². The van der Waals surface area contributed by atoms with E-state index in [4.69, 9.17) is 4.74 Å². The standard InChI is InChI=1S/C20H26BrN3O/c1-4-24(3)15-22-19-14-18(21)20(23-16(19)2)25-13-9-8-12-17-10-6-5-7-11-17/h5-7,10-11,14-15H,4,8-9,12-13H2,1-3H3/b22-15+. The van der Waals surface area contributed by atoms with Crippen LogP contribution in [0.5, 0.6) is 5.88 Å². The number of ether oxygens (including phenoxy) is 1. The summed E-state index contributed by atoms with van der Waals surface area (Å²) in [4.78, 5) is 11.0. The van der Waals surface area contributed by atoms with Crippen LogP contribution in [0.15, 0.2) is 45.9 Å². The van der Waals surface area contributed by atoms with Gasteiger partial charge in [-0.05, 0) is 60.7 Å². The van der Waals surface area contributed by atoms with E-state index >= 15 is 0 Å². The third-order valence-corrected chi connectivity index (χ3v) is 4.51. The van der Waals surface area contributed by atoms with E-state index in [0.717, 1.165) is 41.7 Å². The second kappa shape index (κ2) is 10.2. The lowest BCUT2D eigenvalue weighted by Crippen LogP contribution is -2.14. The van der Waals surface area contributed by atoms with Crippen LogP contribution in [0.3, 0.4) is 0 Å². The van der Waals surface area contributed by atoms with Gasteiger partial charge in [-0.1, -0.05) is 30.3 Å². The fraction of sp³-hybridized carbons (Fsp3) is 0.400. The summed E-state index contributed by atoms with van der Waals surface area (Å²) in [7, 11) is 1.99. The minimum Gasteiger partial charge on any atom is -0.477 e. The Morgan fingerprint density at radius 1 is 1.24 bits per heavy atom. The number of halogens is 1. The van der Waals surface area contributed by atoms with Crippen LogP contribution < -0.4 is 4.74 Å². The zero-order valence-electron chi connectivity index (χ0n) is 15.2. The van der Waals surface area contributed by atoms with E-state index in [1.165, 1.54) is 5.56 Å². The second-order valence-corrected chi connectivity index (χ2v) is 6.84. The molecular formula is C20H26BrN3O. The Morgan fingerprint density at radius 2 is 2.00 bits per heavy atom. The molecule has 0 spiro atoms. The van der Waals surface area contributed by atoms with Crippen LogP contribution in [0.2, 0.25) is 0 Å². The largest absolute Gasteiger partial charge is 0.477 e. The van der Waals surface area contributed by atoms with Gasteiger partial charge in [0, 0.05) is 13.6 Å². The van der Waals surface area contributed by atoms with Gasteiger partial charge >= 0.3 is 0 Å². The first-order valence-corrected chi connectivity index (χ1v) is 9.47. The van der Waals surface area contributed by atoms with E-state index in [-0.39, 0.29) is 0 Å². The van der Waals surface area contributed by atoms with Crippen LogP contribution in [0.25, 0.3) is 0 Å². The van der Waals surface area contributed by atoms with Crippen molar-refractivity contribution in [3.8, 4) is 5.88 Å². The van der Waals surface area contributed by atoms with Crippen LogP contribution in [0.1, 0.15) is 31.0 Å². The Balaban J connectivity index is 1.83. The number of rotatable bonds is 9. The number of hydrogen-bond acceptors (Lipinski definition) is 3. The summed E-state index contributed by atoms with van der Waals surface area (Å²) in [5, 5.41) is 0. The molecule has 0 radical (unpaired) electrons. The fourth-order valence-electron chi connectivity index (χ4n) is 2.27. The maximum absolute atomic E-state index is 5.84. The number of nitrogens with zero attached hydrogens (tertiary/aromatic N) is 3. The summed E-state index contributed by atoms with van der Waals surface area (Å²) in [6, 6.07) is 12.5. The number of benzene rings is 1. The molecule has 0 aliphatic carbocycles. The fourth-order valence-corrected chi connectivity index (χ4v) is 2.69. The minimum atomic E-state index is 0.639. The molecule has 134 valence electrons. The Hall–Kier alpha value is -1.88. The minimum absolute atomic E-state index is 0.639. The van der Waals surface area contributed by atoms with Gasteiger partial charge in [0.25, 0.3) is 0 Å². The van der Waals surface area contributed by atoms with E-state index in [1.807, 2.05) is 37.3 Å². The van der Waals surface area contributed by atoms with Crippen molar-refractivity contribution in [2.45, 2.75) is 33.1 Å². The Bertz CT molecular complexity index is 689. The van der Waals surface area contributed by atoms with Crippen LogP contribution in [-0.4, -0.2) is 36.4 Å². The molecule has 0 aliphatic rings. The number of aliphatic imine (C=N–C) groups is 1. The molecule has 2 rings (SSSR count). The third-order valence-electron chi connectivity index (χ3n) is 3.94. The third kappa shape index (κ3) is 6.50. The zero-order chi connectivity index (χ0) is 18.1. The Kier molecular flexibility index (Phi) is 7.92. The molecule has 1 heterocycles. The molecule has 0 unspecified atom stereocenters. The van der Waals surface area contributed by atoms with Crippen LogP contribution >= 0.6 is 15.9 Å². The van der Waals surface area contributed by atoms with Crippen LogP contribution in [0.4, 0.5) is 5.69 Å². The van der Waals surface area contributed by atoms with Crippen molar-refractivity contribution >= 4 is 28.0 Å². The highest BCUT2D eigenvalue weighted by Gasteiger charge is 2.08. The van der Waals surface area contributed by atoms with E-state index in [9.17, 15) is 0 Å². The average Bonchev–Trinajstić information content (AvgIpc) is 2.63. The molecule has 1 aromatic heterocycles. The number of aryl methyl sites for hydroxylation is 2. The zero-order valence-corrected chi connectivity index (χ0v) is 16.8. The van der Waals surface area contributed by atoms with Gasteiger partial charge in [-0.25, -0.2) is 9.98 Å². The molecule has 0 aliphatic heterocycles. The maximum atomic E-state index is 5.84. The lowest BCUT2D eigenvalue weighted by Gasteiger charge is -2.11. The monoisotopic (exact) mass is 403 g/mol. The van der Waals surface area contributed by atoms with Crippen molar-refractivity contribution in [3.63, 3.8) is 0 Å². The summed E-state index contributed by atoms with van der Waals surface area (Å²) < 4.78 is 6.68. The first-order chi connectivity index (χ1) is 12.1. The molecule has 0 fully saturated rings. The summed E-state index contributed by atoms with van der Waals surface area (Å²) in [5.74, 6) is 0.639. The van der Waals surface area contributed by atoms with Gasteiger partial charge in [-0.2, -0.15) is 0 Å². The van der Waals surface area contributed by atoms with Crippen molar-refractivity contribution < 1.29 is 4.74 Å². The van der Waals surface area contributed by atoms with Crippen LogP contribution in [-0.2, 0) is 6.42 Å². The average molecular weight is 404 g/mol. The predicted octanol–water partition coefficient (Wildman–Crippen LogP) is 5.17. The number of pyridine rings is 1. The first-order valence-electron chi connectivity index (χ1n) is 8.68. The second-order valence-electron chi connectivity index (χ2n) is 5.99. The molecule has 0 saturated heterocycles. The highest BCUT2D eigenvalue weighted by atomic mass is 79.9. The Morgan fingerprint density at radius 3 is 2.72 bits per heavy atom. The summed E-state index contributed by atoms with van der Waals surface area (Å²) in [5.41, 5.74) is 3.09. The quantitative estimate of drug-likeness (QED) is 0.329. The topological polar surface area (TPSA) is 37.7 Å². The van der Waals surface area contributed by atoms with Crippen molar-refractivity contribution in [1.29, 1.82) is 0 Å². The molecule has 0 N–H and O–H groups in total. The van der Waals surface area contributed by atoms with Crippen molar-refractivity contribution in [1.82, 2.24) is 9.88 Å². The van der Waals surface area contributed by atoms with Crippen LogP contribution in [0, 0.1) is 6.92 Å². The predicted molar refractivity (Wildman–Crippen MR) is 108 cm³/mol. The van der Waals surface area contributed by atoms with Gasteiger partial charge in [0.1, 0.15) is 0 Å². The van der Waals surface area contributed by atoms with Gasteiger partial charge in [0.2, 0.25) is 5.88 Å². The van der Waals surface area contributed by atoms with Gasteiger partial charge in [-0.15, -0.1) is 0 Å². The van der Waals surface area contributed by atoms with E-state index in [1.54, 1.807) is 0 Å². The molecule has 0 bridgehead atoms. The van der Waals surface area contributed by atoms with Gasteiger partial charge in [-0.3, -0.25) is 0 Å². The van der Waals surface area contributed by atoms with Gasteiger partial charge < -0.3 is 9.64 Å². The van der Waals surface area contributed by atoms with E-state index in [2.05, 4.69) is 57.1 Å². The number of hydrogen-bond donors (Lipinski definition) is 0. The molecule has 25 heavy (non-hydrogen) atoms. The molecule has 0 amide bonds. The first kappa shape index (κ1) is 19.4. The summed E-state index contributed by atoms with van der Waals surface area (Å²) in [6.07, 6.45) is 5.01. The van der Waals surface area contributed by atoms with E-state index < -0.39 is 0 Å². The SMILES string of the molecule is CCN(C)/C=N/c1cc(Br)c(OCCCCc2ccccc2)nc1C. The highest BCUT2D eigenvalue weighted by Crippen LogP contribution is 2.29. The lowest BCUT2D eigenvalue weighted by molar-refractivity contribution is 0.293. The normalized spacial score (nSPS) is 11.0. The summed E-state index contributed by atoms with van der Waals surface area (Å²) in [6.45, 7) is 5.62. The maximum Gasteiger partial charge on any atom is 0.228 e. The highest BCUT2D eigenvalue weighted by molar-refractivity contribution is 9.10. The smallest absolute Gasteiger partial charge is 0.228 e. The van der Waals surface area contributed by atoms with Crippen molar-refractivity contribution in [2.75, 3.05) is 20.2 Å². The molecule has 2 aromatic rings. The lowest BCUT2D eigenvalue weighted by atomic mass is 10.1. The van der Waals surface area contributed by atoms with Gasteiger partial charge in [0.15, 0.2) is 0 Å². The molecular weight excluding hydrogens is 378 g/mol. The van der Waals surface area contributed by atoms with Gasteiger partial charge in [0.05, 0.1) is 28.8 Å². The van der Waals surface area contributed by atoms with E-state index in [0.29, 0.717) is 12.5 Å². The molecule has 4 nitrogen and oxygen atoms in total. The number of aromatic nitrogens is 1. The summed E-state index contributed by atoms with van der Waals surface area (Å²) >= 11 is 3.54. The molecule has 0 atom stereocenters.